The molecule has 2 aromatic carbocycles. The fraction of sp³-hybridized carbons (Fsp3) is 0.586. The fourth-order valence-corrected chi connectivity index (χ4v) is 5.11. The number of benzene rings is 2. The summed E-state index contributed by atoms with van der Waals surface area (Å²) < 4.78 is 19.3. The van der Waals surface area contributed by atoms with E-state index in [0.717, 1.165) is 17.1 Å². The van der Waals surface area contributed by atoms with Crippen molar-refractivity contribution in [3.05, 3.63) is 58.1 Å². The second kappa shape index (κ2) is 8.58. The molecule has 0 aromatic heterocycles. The third-order valence-corrected chi connectivity index (χ3v) is 7.14. The highest BCUT2D eigenvalue weighted by Gasteiger charge is 2.35. The Bertz CT molecular complexity index is 976. The molecule has 0 aliphatic carbocycles. The van der Waals surface area contributed by atoms with Crippen molar-refractivity contribution in [3.63, 3.8) is 0 Å². The predicted molar refractivity (Wildman–Crippen MR) is 141 cm³/mol. The third kappa shape index (κ3) is 5.75. The van der Waals surface area contributed by atoms with Crippen LogP contribution in [0.15, 0.2) is 30.3 Å². The van der Waals surface area contributed by atoms with Gasteiger partial charge in [-0.3, -0.25) is 4.52 Å². The maximum Gasteiger partial charge on any atom is 0.463 e. The van der Waals surface area contributed by atoms with Crippen molar-refractivity contribution in [3.8, 4) is 11.5 Å². The summed E-state index contributed by atoms with van der Waals surface area (Å²) in [6.45, 7) is 27.4. The Morgan fingerprint density at radius 1 is 0.697 bits per heavy atom. The molecule has 0 saturated carbocycles. The van der Waals surface area contributed by atoms with Crippen LogP contribution in [0.5, 0.6) is 11.5 Å². The highest BCUT2D eigenvalue weighted by molar-refractivity contribution is 7.42. The van der Waals surface area contributed by atoms with E-state index in [4.69, 9.17) is 13.6 Å². The van der Waals surface area contributed by atoms with E-state index in [-0.39, 0.29) is 21.7 Å². The van der Waals surface area contributed by atoms with Gasteiger partial charge in [0.2, 0.25) is 0 Å². The van der Waals surface area contributed by atoms with Gasteiger partial charge in [0.1, 0.15) is 11.5 Å². The van der Waals surface area contributed by atoms with Crippen LogP contribution in [0, 0.1) is 0 Å². The lowest BCUT2D eigenvalue weighted by Gasteiger charge is -2.35. The molecule has 1 heterocycles. The molecule has 3 rings (SSSR count). The Hall–Kier alpha value is -1.57. The zero-order valence-corrected chi connectivity index (χ0v) is 23.7. The van der Waals surface area contributed by atoms with E-state index in [2.05, 4.69) is 113 Å². The van der Waals surface area contributed by atoms with E-state index in [1.807, 2.05) is 0 Å². The highest BCUT2D eigenvalue weighted by atomic mass is 31.2. The lowest BCUT2D eigenvalue weighted by Crippen LogP contribution is -2.23. The van der Waals surface area contributed by atoms with Gasteiger partial charge in [0.25, 0.3) is 0 Å². The van der Waals surface area contributed by atoms with Crippen molar-refractivity contribution in [1.82, 2.24) is 0 Å². The first-order chi connectivity index (χ1) is 14.9. The summed E-state index contributed by atoms with van der Waals surface area (Å²) in [4.78, 5) is 0. The second-order valence-corrected chi connectivity index (χ2v) is 14.4. The molecule has 1 aliphatic heterocycles. The largest absolute Gasteiger partial charge is 0.463 e. The van der Waals surface area contributed by atoms with E-state index < -0.39 is 8.60 Å². The van der Waals surface area contributed by atoms with Gasteiger partial charge < -0.3 is 9.05 Å². The van der Waals surface area contributed by atoms with Gasteiger partial charge in [-0.15, -0.1) is 0 Å². The number of fused-ring (bicyclic) bond motifs is 1. The molecule has 0 bridgehead atoms. The summed E-state index contributed by atoms with van der Waals surface area (Å²) in [5.41, 5.74) is 5.84. The zero-order valence-electron chi connectivity index (χ0n) is 22.8. The standard InChI is InChI=1S/C29H43O3P/c1-26(2,3)20-16-22(28(7,8)9)25(23(17-20)29(10,11)12)32-33-30-18-19-14-13-15-21(24(19)31-33)27(4,5)6/h13-17H,18H2,1-12H3. The maximum atomic E-state index is 6.68. The first-order valence-electron chi connectivity index (χ1n) is 12.0. The van der Waals surface area contributed by atoms with Gasteiger partial charge in [-0.05, 0) is 27.2 Å². The fourth-order valence-electron chi connectivity index (χ4n) is 4.01. The topological polar surface area (TPSA) is 27.7 Å². The minimum absolute atomic E-state index is 0.0226. The van der Waals surface area contributed by atoms with Crippen molar-refractivity contribution in [2.24, 2.45) is 0 Å². The molecular formula is C29H43O3P. The molecule has 4 heteroatoms. The van der Waals surface area contributed by atoms with E-state index in [9.17, 15) is 0 Å². The van der Waals surface area contributed by atoms with Crippen LogP contribution in [0.2, 0.25) is 0 Å². The van der Waals surface area contributed by atoms with Gasteiger partial charge >= 0.3 is 8.60 Å². The Balaban J connectivity index is 2.11. The SMILES string of the molecule is CC(C)(C)c1cc(C(C)(C)C)c(OP2OCc3cccc(C(C)(C)C)c3O2)c(C(C)(C)C)c1. The summed E-state index contributed by atoms with van der Waals surface area (Å²) in [7, 11) is -1.56. The molecule has 0 saturated heterocycles. The van der Waals surface area contributed by atoms with Gasteiger partial charge in [0, 0.05) is 22.3 Å². The Kier molecular flexibility index (Phi) is 6.77. The number of hydrogen-bond acceptors (Lipinski definition) is 3. The van der Waals surface area contributed by atoms with Crippen molar-refractivity contribution in [2.45, 2.75) is 111 Å². The summed E-state index contributed by atoms with van der Waals surface area (Å²) in [5, 5.41) is 0. The smallest absolute Gasteiger partial charge is 0.417 e. The molecule has 1 atom stereocenters. The summed E-state index contributed by atoms with van der Waals surface area (Å²) in [6.07, 6.45) is 0. The normalized spacial score (nSPS) is 17.4. The van der Waals surface area contributed by atoms with Crippen molar-refractivity contribution >= 4 is 8.60 Å². The molecule has 2 aromatic rings. The quantitative estimate of drug-likeness (QED) is 0.410. The van der Waals surface area contributed by atoms with Gasteiger partial charge in [-0.2, -0.15) is 0 Å². The first-order valence-corrected chi connectivity index (χ1v) is 13.1. The summed E-state index contributed by atoms with van der Waals surface area (Å²) >= 11 is 0. The molecule has 0 N–H and O–H groups in total. The van der Waals surface area contributed by atoms with Crippen LogP contribution >= 0.6 is 8.60 Å². The van der Waals surface area contributed by atoms with Gasteiger partial charge in [0.05, 0.1) is 6.61 Å². The van der Waals surface area contributed by atoms with Crippen LogP contribution in [-0.2, 0) is 32.8 Å². The Morgan fingerprint density at radius 2 is 1.21 bits per heavy atom. The third-order valence-electron chi connectivity index (χ3n) is 6.13. The minimum Gasteiger partial charge on any atom is -0.417 e. The summed E-state index contributed by atoms with van der Waals surface area (Å²) in [5.74, 6) is 1.83. The Morgan fingerprint density at radius 3 is 1.67 bits per heavy atom. The molecule has 0 amide bonds. The number of para-hydroxylation sites is 1. The van der Waals surface area contributed by atoms with Crippen molar-refractivity contribution in [2.75, 3.05) is 0 Å². The van der Waals surface area contributed by atoms with Crippen LogP contribution in [0.25, 0.3) is 0 Å². The molecule has 3 nitrogen and oxygen atoms in total. The van der Waals surface area contributed by atoms with Gasteiger partial charge in [-0.25, -0.2) is 0 Å². The zero-order chi connectivity index (χ0) is 25.0. The number of rotatable bonds is 2. The van der Waals surface area contributed by atoms with Gasteiger partial charge in [0.15, 0.2) is 0 Å². The number of hydrogen-bond donors (Lipinski definition) is 0. The lowest BCUT2D eigenvalue weighted by atomic mass is 9.75. The van der Waals surface area contributed by atoms with Crippen molar-refractivity contribution < 1.29 is 13.6 Å². The monoisotopic (exact) mass is 470 g/mol. The highest BCUT2D eigenvalue weighted by Crippen LogP contribution is 2.54. The maximum absolute atomic E-state index is 6.68. The van der Waals surface area contributed by atoms with Crippen LogP contribution in [0.1, 0.15) is 111 Å². The molecule has 1 unspecified atom stereocenters. The molecule has 182 valence electrons. The van der Waals surface area contributed by atoms with E-state index in [0.29, 0.717) is 6.61 Å². The van der Waals surface area contributed by atoms with E-state index in [1.165, 1.54) is 22.3 Å². The molecule has 0 fully saturated rings. The Labute approximate surface area is 203 Å². The van der Waals surface area contributed by atoms with E-state index >= 15 is 0 Å². The van der Waals surface area contributed by atoms with Crippen LogP contribution in [0.3, 0.4) is 0 Å². The molecule has 0 spiro atoms. The molecule has 1 aliphatic rings. The second-order valence-electron chi connectivity index (χ2n) is 13.4. The predicted octanol–water partition coefficient (Wildman–Crippen LogP) is 9.09. The minimum atomic E-state index is -1.56. The van der Waals surface area contributed by atoms with Crippen molar-refractivity contribution in [1.29, 1.82) is 0 Å². The van der Waals surface area contributed by atoms with Gasteiger partial charge in [-0.1, -0.05) is 113 Å². The average molecular weight is 471 g/mol. The van der Waals surface area contributed by atoms with E-state index in [1.54, 1.807) is 0 Å². The first kappa shape index (κ1) is 26.0. The summed E-state index contributed by atoms with van der Waals surface area (Å²) in [6, 6.07) is 10.9. The average Bonchev–Trinajstić information content (AvgIpc) is 2.64. The molecule has 0 radical (unpaired) electrons. The lowest BCUT2D eigenvalue weighted by molar-refractivity contribution is 0.228. The molecule has 33 heavy (non-hydrogen) atoms. The molecular weight excluding hydrogens is 427 g/mol. The van der Waals surface area contributed by atoms with Crippen LogP contribution < -0.4 is 9.05 Å². The van der Waals surface area contributed by atoms with Crippen LogP contribution in [0.4, 0.5) is 0 Å². The van der Waals surface area contributed by atoms with Crippen LogP contribution in [-0.4, -0.2) is 0 Å².